The highest BCUT2D eigenvalue weighted by Gasteiger charge is 2.62. The quantitative estimate of drug-likeness (QED) is 0.433. The average Bonchev–Trinajstić information content (AvgIpc) is 2.68. The van der Waals surface area contributed by atoms with Crippen molar-refractivity contribution in [2.45, 2.75) is 25.0 Å². The molecule has 0 heterocycles. The van der Waals surface area contributed by atoms with Gasteiger partial charge in [0, 0.05) is 5.92 Å². The number of rotatable bonds is 2. The second kappa shape index (κ2) is 6.53. The number of aliphatic hydroxyl groups is 2. The maximum absolute atomic E-state index is 13.6. The van der Waals surface area contributed by atoms with Crippen molar-refractivity contribution >= 4 is 28.2 Å². The van der Waals surface area contributed by atoms with E-state index in [0.717, 1.165) is 0 Å². The second-order valence-corrected chi connectivity index (χ2v) is 8.29. The number of hydrogen-bond acceptors (Lipinski definition) is 8. The van der Waals surface area contributed by atoms with E-state index >= 15 is 0 Å². The van der Waals surface area contributed by atoms with Crippen LogP contribution in [-0.4, -0.2) is 68.5 Å². The van der Waals surface area contributed by atoms with E-state index in [9.17, 15) is 34.8 Å². The smallest absolute Gasteiger partial charge is 0.255 e. The Morgan fingerprint density at radius 3 is 2.42 bits per heavy atom. The Bertz CT molecular complexity index is 1230. The summed E-state index contributed by atoms with van der Waals surface area (Å²) in [4.78, 5) is 39.9. The Kier molecular flexibility index (Phi) is 4.39. The fourth-order valence-corrected chi connectivity index (χ4v) is 5.04. The molecule has 2 aromatic carbocycles. The molecule has 0 spiro atoms. The van der Waals surface area contributed by atoms with Gasteiger partial charge in [-0.25, -0.2) is 0 Å². The van der Waals surface area contributed by atoms with Crippen LogP contribution in [0.1, 0.15) is 21.5 Å². The van der Waals surface area contributed by atoms with Crippen LogP contribution in [0.2, 0.25) is 0 Å². The van der Waals surface area contributed by atoms with Crippen molar-refractivity contribution in [1.29, 1.82) is 0 Å². The lowest BCUT2D eigenvalue weighted by Crippen LogP contribution is -2.64. The van der Waals surface area contributed by atoms with E-state index in [1.165, 1.54) is 11.0 Å². The van der Waals surface area contributed by atoms with Crippen LogP contribution in [0.25, 0.3) is 10.8 Å². The minimum Gasteiger partial charge on any atom is -0.508 e. The van der Waals surface area contributed by atoms with Crippen LogP contribution in [0, 0.1) is 12.8 Å². The molecule has 4 rings (SSSR count). The number of hydrogen-bond donors (Lipinski definition) is 5. The second-order valence-electron chi connectivity index (χ2n) is 8.29. The van der Waals surface area contributed by atoms with Crippen molar-refractivity contribution in [3.63, 3.8) is 0 Å². The number of phenolic OH excluding ortho intramolecular Hbond substituents is 2. The number of nitrogens with zero attached hydrogens (tertiary/aromatic N) is 1. The van der Waals surface area contributed by atoms with E-state index in [0.29, 0.717) is 16.5 Å². The summed E-state index contributed by atoms with van der Waals surface area (Å²) >= 11 is 0. The number of Topliss-reactive ketones (excluding diaryl/α,β-unsaturated/α-hetero) is 2. The van der Waals surface area contributed by atoms with Crippen LogP contribution in [0.15, 0.2) is 29.5 Å². The summed E-state index contributed by atoms with van der Waals surface area (Å²) in [7, 11) is 3.10. The van der Waals surface area contributed by atoms with Gasteiger partial charge in [0.2, 0.25) is 5.78 Å². The molecule has 6 N–H and O–H groups in total. The summed E-state index contributed by atoms with van der Waals surface area (Å²) in [5.74, 6) is -6.18. The van der Waals surface area contributed by atoms with Crippen LogP contribution in [-0.2, 0) is 16.0 Å². The monoisotopic (exact) mass is 426 g/mol. The van der Waals surface area contributed by atoms with Gasteiger partial charge in [-0.05, 0) is 50.0 Å². The minimum atomic E-state index is -2.65. The number of aliphatic hydroxyl groups excluding tert-OH is 1. The summed E-state index contributed by atoms with van der Waals surface area (Å²) in [5, 5.41) is 43.9. The SMILES string of the molecule is Cc1c2c(c(O)c3c(O)cccc13)C(=O)C1(O)C(O)=C(C(N)=O)C(=O)[C@H](N(C)C)[C@@H]1C2. The molecule has 2 aliphatic rings. The molecular formula is C22H22N2O7. The van der Waals surface area contributed by atoms with Gasteiger partial charge in [-0.3, -0.25) is 19.3 Å². The molecule has 162 valence electrons. The minimum absolute atomic E-state index is 0.0313. The molecular weight excluding hydrogens is 404 g/mol. The maximum atomic E-state index is 13.6. The van der Waals surface area contributed by atoms with Crippen LogP contribution in [0.3, 0.4) is 0 Å². The zero-order chi connectivity index (χ0) is 23.0. The van der Waals surface area contributed by atoms with Gasteiger partial charge in [0.25, 0.3) is 5.91 Å². The molecule has 9 heteroatoms. The predicted octanol–water partition coefficient (Wildman–Crippen LogP) is 0.456. The number of phenols is 2. The summed E-state index contributed by atoms with van der Waals surface area (Å²) in [6, 6.07) is 3.50. The van der Waals surface area contributed by atoms with Crippen LogP contribution in [0.5, 0.6) is 11.5 Å². The van der Waals surface area contributed by atoms with E-state index in [-0.39, 0.29) is 23.1 Å². The first-order valence-electron chi connectivity index (χ1n) is 9.61. The number of likely N-dealkylation sites (N-methyl/N-ethyl adjacent to an activating group) is 1. The molecule has 0 aliphatic heterocycles. The van der Waals surface area contributed by atoms with E-state index in [2.05, 4.69) is 0 Å². The molecule has 0 bridgehead atoms. The lowest BCUT2D eigenvalue weighted by atomic mass is 9.61. The number of carbonyl (C=O) groups is 3. The fourth-order valence-electron chi connectivity index (χ4n) is 5.04. The Labute approximate surface area is 177 Å². The molecule has 9 nitrogen and oxygen atoms in total. The van der Waals surface area contributed by atoms with E-state index in [1.807, 2.05) is 0 Å². The van der Waals surface area contributed by atoms with Crippen molar-refractivity contribution in [3.05, 3.63) is 46.2 Å². The third-order valence-electron chi connectivity index (χ3n) is 6.51. The first-order valence-corrected chi connectivity index (χ1v) is 9.61. The van der Waals surface area contributed by atoms with Crippen LogP contribution >= 0.6 is 0 Å². The highest BCUT2D eigenvalue weighted by atomic mass is 16.3. The number of carbonyl (C=O) groups excluding carboxylic acids is 3. The van der Waals surface area contributed by atoms with E-state index in [4.69, 9.17) is 5.73 Å². The number of aromatic hydroxyl groups is 2. The standard InChI is InChI=1S/C22H22N2O7/c1-8-9-5-4-6-12(25)13(9)17(26)14-10(8)7-11-16(24(2)3)18(27)15(21(23)30)20(29)22(11,31)19(14)28/h4-6,11,16,25-26,29,31H,7H2,1-3H3,(H2,23,30)/t11-,16+,22?/m0/s1. The van der Waals surface area contributed by atoms with Gasteiger partial charge in [-0.2, -0.15) is 0 Å². The summed E-state index contributed by atoms with van der Waals surface area (Å²) < 4.78 is 0. The molecule has 1 unspecified atom stereocenters. The number of amides is 1. The lowest BCUT2D eigenvalue weighted by molar-refractivity contribution is -0.132. The molecule has 0 saturated carbocycles. The Morgan fingerprint density at radius 1 is 1.19 bits per heavy atom. The van der Waals surface area contributed by atoms with Crippen molar-refractivity contribution in [2.75, 3.05) is 14.1 Å². The average molecular weight is 426 g/mol. The van der Waals surface area contributed by atoms with Crippen LogP contribution in [0.4, 0.5) is 0 Å². The molecule has 0 saturated heterocycles. The Morgan fingerprint density at radius 2 is 1.84 bits per heavy atom. The van der Waals surface area contributed by atoms with Gasteiger partial charge in [-0.1, -0.05) is 12.1 Å². The van der Waals surface area contributed by atoms with Gasteiger partial charge >= 0.3 is 0 Å². The molecule has 1 amide bonds. The molecule has 2 aliphatic carbocycles. The molecule has 3 atom stereocenters. The number of primary amides is 1. The number of benzene rings is 2. The van der Waals surface area contributed by atoms with Gasteiger partial charge in [0.1, 0.15) is 22.8 Å². The van der Waals surface area contributed by atoms with Gasteiger partial charge < -0.3 is 26.2 Å². The summed E-state index contributed by atoms with van der Waals surface area (Å²) in [6.07, 6.45) is -0.0484. The number of ketones is 2. The molecule has 0 aromatic heterocycles. The number of fused-ring (bicyclic) bond motifs is 3. The zero-order valence-electron chi connectivity index (χ0n) is 17.1. The highest BCUT2D eigenvalue weighted by molar-refractivity contribution is 6.25. The normalized spacial score (nSPS) is 25.7. The molecule has 2 aromatic rings. The molecule has 0 fully saturated rings. The Balaban J connectivity index is 2.11. The van der Waals surface area contributed by atoms with Gasteiger partial charge in [-0.15, -0.1) is 0 Å². The van der Waals surface area contributed by atoms with Crippen molar-refractivity contribution < 1.29 is 34.8 Å². The van der Waals surface area contributed by atoms with Gasteiger partial charge in [0.15, 0.2) is 11.4 Å². The van der Waals surface area contributed by atoms with E-state index < -0.39 is 52.1 Å². The third-order valence-corrected chi connectivity index (χ3v) is 6.51. The Hall–Kier alpha value is -3.43. The van der Waals surface area contributed by atoms with Gasteiger partial charge in [0.05, 0.1) is 17.0 Å². The van der Waals surface area contributed by atoms with Crippen molar-refractivity contribution in [1.82, 2.24) is 4.90 Å². The predicted molar refractivity (Wildman–Crippen MR) is 110 cm³/mol. The fraction of sp³-hybridized carbons (Fsp3) is 0.318. The van der Waals surface area contributed by atoms with Crippen molar-refractivity contribution in [2.24, 2.45) is 11.7 Å². The summed E-state index contributed by atoms with van der Waals surface area (Å²) in [6.45, 7) is 1.71. The first-order chi connectivity index (χ1) is 14.4. The first kappa shape index (κ1) is 20.8. The zero-order valence-corrected chi connectivity index (χ0v) is 17.1. The van der Waals surface area contributed by atoms with Crippen LogP contribution < -0.4 is 5.73 Å². The van der Waals surface area contributed by atoms with E-state index in [1.54, 1.807) is 33.2 Å². The number of aryl methyl sites for hydroxylation is 1. The lowest BCUT2D eigenvalue weighted by Gasteiger charge is -2.47. The topological polar surface area (TPSA) is 161 Å². The third kappa shape index (κ3) is 2.47. The number of nitrogens with two attached hydrogens (primary N) is 1. The maximum Gasteiger partial charge on any atom is 0.255 e. The molecule has 0 radical (unpaired) electrons. The van der Waals surface area contributed by atoms with Crippen molar-refractivity contribution in [3.8, 4) is 11.5 Å². The summed E-state index contributed by atoms with van der Waals surface area (Å²) in [5.41, 5.74) is 2.50. The highest BCUT2D eigenvalue weighted by Crippen LogP contribution is 2.50. The largest absolute Gasteiger partial charge is 0.508 e. The molecule has 31 heavy (non-hydrogen) atoms.